The first-order valence-electron chi connectivity index (χ1n) is 13.1. The molecule has 0 spiro atoms. The fraction of sp³-hybridized carbons (Fsp3) is 0.786. The summed E-state index contributed by atoms with van der Waals surface area (Å²) in [6.07, 6.45) is 8.33. The third-order valence-electron chi connectivity index (χ3n) is 7.09. The molecule has 196 valence electrons. The Hall–Kier alpha value is -2.04. The maximum absolute atomic E-state index is 13.0. The summed E-state index contributed by atoms with van der Waals surface area (Å²) in [4.78, 5) is 27.4. The number of methoxy groups -OCH3 is 1. The number of carbonyl (C=O) groups excluding carboxylic acids is 2. The van der Waals surface area contributed by atoms with Crippen LogP contribution in [0.25, 0.3) is 0 Å². The Morgan fingerprint density at radius 2 is 2.00 bits per heavy atom. The standard InChI is InChI=1S/C28H43NO6/c1-19-10-9-12-23(29(19)27(31)35-28(3,4)5)14-13-22-16-21(11-7-8-15-33-18-32-6)17-24-25(22)20(2)34-26(24)30/h16,19-21,23-25H,7-12,15,17-18H2,1-6H3/t19-,20-,21-,23+,24-,25+/m0/s1. The van der Waals surface area contributed by atoms with Gasteiger partial charge >= 0.3 is 12.1 Å². The van der Waals surface area contributed by atoms with E-state index in [1.807, 2.05) is 27.7 Å². The van der Waals surface area contributed by atoms with E-state index in [-0.39, 0.29) is 48.0 Å². The molecular weight excluding hydrogens is 446 g/mol. The SMILES string of the molecule is COCOCCCC[C@H]1C=C(C#C[C@H]2CCC[C@H](C)N2C(=O)OC(C)(C)C)[C@H]2[C@H](C)OC(=O)[C@H]2C1. The molecule has 2 aliphatic heterocycles. The van der Waals surface area contributed by atoms with Crippen LogP contribution >= 0.6 is 0 Å². The lowest BCUT2D eigenvalue weighted by molar-refractivity contribution is -0.144. The number of nitrogens with zero attached hydrogens (tertiary/aromatic N) is 1. The fourth-order valence-corrected chi connectivity index (χ4v) is 5.49. The van der Waals surface area contributed by atoms with Crippen molar-refractivity contribution in [3.05, 3.63) is 11.6 Å². The molecule has 1 aliphatic carbocycles. The summed E-state index contributed by atoms with van der Waals surface area (Å²) >= 11 is 0. The Morgan fingerprint density at radius 1 is 1.23 bits per heavy atom. The fourth-order valence-electron chi connectivity index (χ4n) is 5.49. The van der Waals surface area contributed by atoms with E-state index < -0.39 is 5.60 Å². The highest BCUT2D eigenvalue weighted by atomic mass is 16.7. The van der Waals surface area contributed by atoms with Crippen LogP contribution in [0.15, 0.2) is 11.6 Å². The molecule has 35 heavy (non-hydrogen) atoms. The van der Waals surface area contributed by atoms with Crippen molar-refractivity contribution < 1.29 is 28.5 Å². The van der Waals surface area contributed by atoms with Crippen LogP contribution in [0.5, 0.6) is 0 Å². The van der Waals surface area contributed by atoms with Crippen molar-refractivity contribution in [2.75, 3.05) is 20.5 Å². The monoisotopic (exact) mass is 489 g/mol. The molecule has 0 radical (unpaired) electrons. The van der Waals surface area contributed by atoms with E-state index in [1.165, 1.54) is 0 Å². The molecular formula is C28H43NO6. The van der Waals surface area contributed by atoms with Crippen LogP contribution in [-0.4, -0.2) is 61.3 Å². The lowest BCUT2D eigenvalue weighted by Gasteiger charge is -2.39. The molecule has 0 aromatic carbocycles. The van der Waals surface area contributed by atoms with Crippen molar-refractivity contribution in [2.24, 2.45) is 17.8 Å². The minimum atomic E-state index is -0.551. The predicted molar refractivity (Wildman–Crippen MR) is 133 cm³/mol. The third kappa shape index (κ3) is 7.47. The summed E-state index contributed by atoms with van der Waals surface area (Å²) in [6, 6.07) is -0.117. The summed E-state index contributed by atoms with van der Waals surface area (Å²) in [6.45, 7) is 10.7. The number of rotatable bonds is 7. The average molecular weight is 490 g/mol. The normalized spacial score (nSPS) is 30.6. The van der Waals surface area contributed by atoms with E-state index in [2.05, 4.69) is 24.8 Å². The summed E-state index contributed by atoms with van der Waals surface area (Å²) < 4.78 is 21.6. The van der Waals surface area contributed by atoms with E-state index >= 15 is 0 Å². The number of ether oxygens (including phenoxy) is 4. The topological polar surface area (TPSA) is 74.3 Å². The van der Waals surface area contributed by atoms with E-state index in [0.717, 1.165) is 50.5 Å². The van der Waals surface area contributed by atoms with Crippen molar-refractivity contribution in [1.29, 1.82) is 0 Å². The van der Waals surface area contributed by atoms with Crippen LogP contribution in [0, 0.1) is 29.6 Å². The van der Waals surface area contributed by atoms with Gasteiger partial charge in [-0.05, 0) is 79.1 Å². The van der Waals surface area contributed by atoms with Crippen LogP contribution in [0.1, 0.15) is 79.6 Å². The summed E-state index contributed by atoms with van der Waals surface area (Å²) in [5, 5.41) is 0. The number of amides is 1. The highest BCUT2D eigenvalue weighted by Crippen LogP contribution is 2.43. The maximum atomic E-state index is 13.0. The minimum Gasteiger partial charge on any atom is -0.462 e. The summed E-state index contributed by atoms with van der Waals surface area (Å²) in [5.41, 5.74) is 0.437. The van der Waals surface area contributed by atoms with E-state index in [0.29, 0.717) is 13.4 Å². The zero-order chi connectivity index (χ0) is 25.6. The molecule has 0 aromatic rings. The molecule has 3 aliphatic rings. The zero-order valence-corrected chi connectivity index (χ0v) is 22.3. The molecule has 0 saturated carbocycles. The smallest absolute Gasteiger partial charge is 0.411 e. The second-order valence-corrected chi connectivity index (χ2v) is 11.2. The van der Waals surface area contributed by atoms with Crippen LogP contribution in [-0.2, 0) is 23.7 Å². The van der Waals surface area contributed by atoms with Gasteiger partial charge in [0, 0.05) is 31.2 Å². The molecule has 1 amide bonds. The molecule has 7 heteroatoms. The molecule has 7 nitrogen and oxygen atoms in total. The number of fused-ring (bicyclic) bond motifs is 1. The van der Waals surface area contributed by atoms with Gasteiger partial charge in [0.15, 0.2) is 0 Å². The van der Waals surface area contributed by atoms with Gasteiger partial charge < -0.3 is 18.9 Å². The molecule has 2 heterocycles. The third-order valence-corrected chi connectivity index (χ3v) is 7.09. The number of unbranched alkanes of at least 4 members (excludes halogenated alkanes) is 1. The Labute approximate surface area is 210 Å². The van der Waals surface area contributed by atoms with Gasteiger partial charge in [-0.3, -0.25) is 9.69 Å². The zero-order valence-electron chi connectivity index (χ0n) is 22.3. The van der Waals surface area contributed by atoms with E-state index in [1.54, 1.807) is 12.0 Å². The van der Waals surface area contributed by atoms with Crippen LogP contribution in [0.4, 0.5) is 4.79 Å². The molecule has 0 aromatic heterocycles. The first kappa shape index (κ1) is 27.5. The van der Waals surface area contributed by atoms with Gasteiger partial charge in [-0.1, -0.05) is 24.3 Å². The number of hydrogen-bond donors (Lipinski definition) is 0. The number of allylic oxidation sites excluding steroid dienone is 1. The number of esters is 1. The molecule has 0 N–H and O–H groups in total. The Bertz CT molecular complexity index is 835. The van der Waals surface area contributed by atoms with Crippen molar-refractivity contribution >= 4 is 12.1 Å². The Kier molecular flexibility index (Phi) is 9.66. The van der Waals surface area contributed by atoms with Gasteiger partial charge in [0.25, 0.3) is 0 Å². The molecule has 0 unspecified atom stereocenters. The maximum Gasteiger partial charge on any atom is 0.411 e. The van der Waals surface area contributed by atoms with Crippen LogP contribution in [0.3, 0.4) is 0 Å². The Morgan fingerprint density at radius 3 is 2.71 bits per heavy atom. The van der Waals surface area contributed by atoms with Gasteiger partial charge in [-0.2, -0.15) is 0 Å². The number of hydrogen-bond acceptors (Lipinski definition) is 6. The number of likely N-dealkylation sites (tertiary alicyclic amines) is 1. The summed E-state index contributed by atoms with van der Waals surface area (Å²) in [7, 11) is 1.62. The Balaban J connectivity index is 1.76. The van der Waals surface area contributed by atoms with Gasteiger partial charge in [0.05, 0.1) is 12.0 Å². The molecule has 3 rings (SSSR count). The second kappa shape index (κ2) is 12.3. The number of piperidine rings is 1. The minimum absolute atomic E-state index is 0.00715. The first-order valence-corrected chi connectivity index (χ1v) is 13.1. The molecule has 0 bridgehead atoms. The van der Waals surface area contributed by atoms with Crippen molar-refractivity contribution in [1.82, 2.24) is 4.90 Å². The van der Waals surface area contributed by atoms with Gasteiger partial charge in [0.2, 0.25) is 0 Å². The van der Waals surface area contributed by atoms with Gasteiger partial charge in [-0.15, -0.1) is 0 Å². The van der Waals surface area contributed by atoms with Gasteiger partial charge in [0.1, 0.15) is 18.5 Å². The van der Waals surface area contributed by atoms with Crippen LogP contribution < -0.4 is 0 Å². The second-order valence-electron chi connectivity index (χ2n) is 11.2. The summed E-state index contributed by atoms with van der Waals surface area (Å²) in [5.74, 6) is 6.86. The molecule has 2 fully saturated rings. The quantitative estimate of drug-likeness (QED) is 0.215. The van der Waals surface area contributed by atoms with E-state index in [9.17, 15) is 9.59 Å². The highest BCUT2D eigenvalue weighted by Gasteiger charge is 2.47. The average Bonchev–Trinajstić information content (AvgIpc) is 3.06. The lowest BCUT2D eigenvalue weighted by Crippen LogP contribution is -2.50. The van der Waals surface area contributed by atoms with E-state index in [4.69, 9.17) is 18.9 Å². The lowest BCUT2D eigenvalue weighted by atomic mass is 9.72. The largest absolute Gasteiger partial charge is 0.462 e. The van der Waals surface area contributed by atoms with Crippen molar-refractivity contribution in [3.63, 3.8) is 0 Å². The van der Waals surface area contributed by atoms with Gasteiger partial charge in [-0.25, -0.2) is 4.79 Å². The molecule has 6 atom stereocenters. The van der Waals surface area contributed by atoms with Crippen molar-refractivity contribution in [2.45, 2.75) is 103 Å². The number of cyclic esters (lactones) is 1. The number of carbonyl (C=O) groups is 2. The van der Waals surface area contributed by atoms with Crippen molar-refractivity contribution in [3.8, 4) is 11.8 Å². The highest BCUT2D eigenvalue weighted by molar-refractivity contribution is 5.77. The predicted octanol–water partition coefficient (Wildman–Crippen LogP) is 5.08. The first-order chi connectivity index (χ1) is 16.6. The van der Waals surface area contributed by atoms with Crippen LogP contribution in [0.2, 0.25) is 0 Å². The molecule has 2 saturated heterocycles.